The van der Waals surface area contributed by atoms with Gasteiger partial charge in [-0.05, 0) is 11.6 Å². The van der Waals surface area contributed by atoms with Crippen molar-refractivity contribution in [3.63, 3.8) is 0 Å². The lowest BCUT2D eigenvalue weighted by Gasteiger charge is -2.41. The van der Waals surface area contributed by atoms with Gasteiger partial charge in [0.2, 0.25) is 5.76 Å². The number of amides is 1. The predicted octanol–water partition coefficient (Wildman–Crippen LogP) is 2.04. The van der Waals surface area contributed by atoms with Gasteiger partial charge in [0.05, 0.1) is 26.5 Å². The molecule has 0 radical (unpaired) electrons. The van der Waals surface area contributed by atoms with Crippen molar-refractivity contribution in [1.82, 2.24) is 0 Å². The van der Waals surface area contributed by atoms with Crippen LogP contribution in [0.2, 0.25) is 0 Å². The largest absolute Gasteiger partial charge is 0.504 e. The molecule has 0 saturated heterocycles. The van der Waals surface area contributed by atoms with Gasteiger partial charge >= 0.3 is 12.1 Å². The number of hydrogen-bond donors (Lipinski definition) is 1. The molecule has 2 aromatic rings. The van der Waals surface area contributed by atoms with Crippen LogP contribution in [0.3, 0.4) is 0 Å². The van der Waals surface area contributed by atoms with E-state index in [-0.39, 0.29) is 30.1 Å². The molecule has 2 heterocycles. The highest BCUT2D eigenvalue weighted by Gasteiger charge is 2.43. The van der Waals surface area contributed by atoms with E-state index in [1.807, 2.05) is 0 Å². The molecule has 0 spiro atoms. The monoisotopic (exact) mass is 365 g/mol. The van der Waals surface area contributed by atoms with Crippen molar-refractivity contribution >= 4 is 28.7 Å². The molecular weight excluding hydrogens is 346 g/mol. The zero-order valence-corrected chi connectivity index (χ0v) is 14.8. The number of nitrogens with zero attached hydrogens (tertiary/aromatic N) is 1. The van der Waals surface area contributed by atoms with Crippen molar-refractivity contribution in [2.75, 3.05) is 39.9 Å². The molecule has 0 atom stereocenters. The van der Waals surface area contributed by atoms with Crippen molar-refractivity contribution < 1.29 is 38.1 Å². The second-order valence-corrected chi connectivity index (χ2v) is 5.79. The Balaban J connectivity index is 2.27. The minimum Gasteiger partial charge on any atom is -0.504 e. The molecule has 0 saturated carbocycles. The maximum absolute atomic E-state index is 12.3. The Kier molecular flexibility index (Phi) is 4.51. The van der Waals surface area contributed by atoms with Gasteiger partial charge in [-0.25, -0.2) is 9.59 Å². The molecule has 0 bridgehead atoms. The quantitative estimate of drug-likeness (QED) is 0.650. The molecular formula is C17H19NO8. The SMILES string of the molecule is COC(=O)c1cc2c3c(cc(O)c2o1)N(C(=O)OC)CC(OC)(OC)C3. The smallest absolute Gasteiger partial charge is 0.414 e. The van der Waals surface area contributed by atoms with Crippen molar-refractivity contribution in [2.24, 2.45) is 0 Å². The van der Waals surface area contributed by atoms with Gasteiger partial charge in [-0.2, -0.15) is 0 Å². The number of anilines is 1. The Bertz CT molecular complexity index is 867. The number of ether oxygens (including phenoxy) is 4. The zero-order valence-electron chi connectivity index (χ0n) is 14.8. The highest BCUT2D eigenvalue weighted by atomic mass is 16.7. The van der Waals surface area contributed by atoms with E-state index < -0.39 is 17.8 Å². The van der Waals surface area contributed by atoms with Crippen molar-refractivity contribution in [2.45, 2.75) is 12.2 Å². The Morgan fingerprint density at radius 1 is 1.15 bits per heavy atom. The molecule has 0 aliphatic carbocycles. The van der Waals surface area contributed by atoms with Crippen LogP contribution >= 0.6 is 0 Å². The molecule has 0 fully saturated rings. The normalized spacial score (nSPS) is 15.6. The van der Waals surface area contributed by atoms with E-state index in [2.05, 4.69) is 4.74 Å². The van der Waals surface area contributed by atoms with E-state index in [4.69, 9.17) is 18.6 Å². The predicted molar refractivity (Wildman–Crippen MR) is 89.4 cm³/mol. The Hall–Kier alpha value is -2.78. The first-order chi connectivity index (χ1) is 12.4. The highest BCUT2D eigenvalue weighted by Crippen LogP contribution is 2.43. The van der Waals surface area contributed by atoms with Crippen LogP contribution in [0.25, 0.3) is 11.0 Å². The third kappa shape index (κ3) is 2.65. The number of phenolic OH excluding ortho intramolecular Hbond substituents is 1. The van der Waals surface area contributed by atoms with Crippen LogP contribution in [-0.4, -0.2) is 57.9 Å². The van der Waals surface area contributed by atoms with Crippen LogP contribution in [0.5, 0.6) is 5.75 Å². The van der Waals surface area contributed by atoms with Crippen molar-refractivity contribution in [1.29, 1.82) is 0 Å². The molecule has 1 amide bonds. The van der Waals surface area contributed by atoms with E-state index >= 15 is 0 Å². The lowest BCUT2D eigenvalue weighted by atomic mass is 9.93. The summed E-state index contributed by atoms with van der Waals surface area (Å²) >= 11 is 0. The fourth-order valence-electron chi connectivity index (χ4n) is 3.13. The topological polar surface area (TPSA) is 108 Å². The van der Waals surface area contributed by atoms with Crippen LogP contribution in [0.1, 0.15) is 16.1 Å². The van der Waals surface area contributed by atoms with Crippen molar-refractivity contribution in [3.05, 3.63) is 23.5 Å². The molecule has 140 valence electrons. The summed E-state index contributed by atoms with van der Waals surface area (Å²) in [6.07, 6.45) is -0.375. The Morgan fingerprint density at radius 3 is 2.42 bits per heavy atom. The number of aromatic hydroxyl groups is 1. The molecule has 9 heteroatoms. The van der Waals surface area contributed by atoms with E-state index in [0.717, 1.165) is 0 Å². The van der Waals surface area contributed by atoms with Crippen molar-refractivity contribution in [3.8, 4) is 5.75 Å². The summed E-state index contributed by atoms with van der Waals surface area (Å²) in [4.78, 5) is 25.4. The summed E-state index contributed by atoms with van der Waals surface area (Å²) < 4.78 is 25.9. The number of hydrogen-bond acceptors (Lipinski definition) is 8. The third-order valence-corrected chi connectivity index (χ3v) is 4.53. The number of carbonyl (C=O) groups excluding carboxylic acids is 2. The van der Waals surface area contributed by atoms with Gasteiger partial charge in [-0.1, -0.05) is 0 Å². The third-order valence-electron chi connectivity index (χ3n) is 4.53. The first kappa shape index (κ1) is 18.0. The minimum absolute atomic E-state index is 0.0618. The van der Waals surface area contributed by atoms with Gasteiger partial charge < -0.3 is 28.5 Å². The average molecular weight is 365 g/mol. The van der Waals surface area contributed by atoms with E-state index in [1.165, 1.54) is 45.5 Å². The van der Waals surface area contributed by atoms with Gasteiger partial charge in [0.15, 0.2) is 17.1 Å². The van der Waals surface area contributed by atoms with Crippen LogP contribution in [0.15, 0.2) is 16.5 Å². The van der Waals surface area contributed by atoms with Gasteiger partial charge in [-0.3, -0.25) is 4.90 Å². The van der Waals surface area contributed by atoms with Crippen LogP contribution < -0.4 is 4.90 Å². The number of carbonyl (C=O) groups is 2. The number of esters is 1. The summed E-state index contributed by atoms with van der Waals surface area (Å²) in [6.45, 7) is 0.0618. The molecule has 1 aliphatic heterocycles. The summed E-state index contributed by atoms with van der Waals surface area (Å²) in [5, 5.41) is 10.8. The lowest BCUT2D eigenvalue weighted by Crippen LogP contribution is -2.53. The van der Waals surface area contributed by atoms with Gasteiger partial charge in [0.1, 0.15) is 0 Å². The molecule has 1 N–H and O–H groups in total. The highest BCUT2D eigenvalue weighted by molar-refractivity contribution is 6.01. The summed E-state index contributed by atoms with van der Waals surface area (Å²) in [5.41, 5.74) is 1.14. The zero-order chi connectivity index (χ0) is 19.1. The molecule has 1 aliphatic rings. The Labute approximate surface area is 149 Å². The van der Waals surface area contributed by atoms with Gasteiger partial charge in [0, 0.05) is 32.1 Å². The maximum Gasteiger partial charge on any atom is 0.414 e. The second kappa shape index (κ2) is 6.50. The molecule has 9 nitrogen and oxygen atoms in total. The summed E-state index contributed by atoms with van der Waals surface area (Å²) in [7, 11) is 5.42. The van der Waals surface area contributed by atoms with E-state index in [0.29, 0.717) is 16.6 Å². The van der Waals surface area contributed by atoms with Crippen LogP contribution in [0.4, 0.5) is 10.5 Å². The number of fused-ring (bicyclic) bond motifs is 3. The number of phenols is 1. The van der Waals surface area contributed by atoms with E-state index in [1.54, 1.807) is 0 Å². The maximum atomic E-state index is 12.3. The summed E-state index contributed by atoms with van der Waals surface area (Å²) in [5.74, 6) is -2.08. The fraction of sp³-hybridized carbons (Fsp3) is 0.412. The second-order valence-electron chi connectivity index (χ2n) is 5.79. The van der Waals surface area contributed by atoms with Crippen LogP contribution in [0, 0.1) is 0 Å². The number of methoxy groups -OCH3 is 4. The molecule has 1 aromatic heterocycles. The number of benzene rings is 1. The summed E-state index contributed by atoms with van der Waals surface area (Å²) in [6, 6.07) is 2.84. The first-order valence-electron chi connectivity index (χ1n) is 7.72. The standard InChI is InChI=1S/C17H19NO8/c1-22-15(20)13-5-9-10-7-17(24-3,25-4)8-18(16(21)23-2)11(10)6-12(19)14(9)26-13/h5-6,19H,7-8H2,1-4H3. The molecule has 1 aromatic carbocycles. The molecule has 26 heavy (non-hydrogen) atoms. The number of furan rings is 1. The molecule has 0 unspecified atom stereocenters. The van der Waals surface area contributed by atoms with Gasteiger partial charge in [0.25, 0.3) is 0 Å². The van der Waals surface area contributed by atoms with Crippen LogP contribution in [-0.2, 0) is 25.4 Å². The average Bonchev–Trinajstić information content (AvgIpc) is 3.13. The molecule has 3 rings (SSSR count). The first-order valence-corrected chi connectivity index (χ1v) is 7.72. The van der Waals surface area contributed by atoms with E-state index in [9.17, 15) is 14.7 Å². The lowest BCUT2D eigenvalue weighted by molar-refractivity contribution is -0.199. The Morgan fingerprint density at radius 2 is 1.85 bits per heavy atom. The minimum atomic E-state index is -1.12. The van der Waals surface area contributed by atoms with Gasteiger partial charge in [-0.15, -0.1) is 0 Å². The fourth-order valence-corrected chi connectivity index (χ4v) is 3.13. The number of rotatable bonds is 3.